The minimum absolute atomic E-state index is 0.0259. The van der Waals surface area contributed by atoms with Gasteiger partial charge in [-0.25, -0.2) is 0 Å². The van der Waals surface area contributed by atoms with Crippen molar-refractivity contribution in [2.75, 3.05) is 13.1 Å². The molecule has 140 valence electrons. The van der Waals surface area contributed by atoms with Crippen molar-refractivity contribution in [3.05, 3.63) is 65.5 Å². The second-order valence-electron chi connectivity index (χ2n) is 7.45. The van der Waals surface area contributed by atoms with Gasteiger partial charge in [-0.05, 0) is 50.6 Å². The number of nitrogens with zero attached hydrogens (tertiary/aromatic N) is 2. The number of benzene rings is 1. The highest BCUT2D eigenvalue weighted by molar-refractivity contribution is 5.94. The number of rotatable bonds is 3. The Kier molecular flexibility index (Phi) is 5.59. The molecule has 27 heavy (non-hydrogen) atoms. The number of aromatic nitrogens is 1. The molecule has 3 rings (SSSR count). The molecule has 1 aliphatic heterocycles. The molecule has 1 amide bonds. The van der Waals surface area contributed by atoms with E-state index in [0.29, 0.717) is 30.6 Å². The van der Waals surface area contributed by atoms with E-state index in [9.17, 15) is 15.0 Å². The molecule has 1 aromatic carbocycles. The predicted molar refractivity (Wildman–Crippen MR) is 103 cm³/mol. The third-order valence-electron chi connectivity index (χ3n) is 4.51. The van der Waals surface area contributed by atoms with Gasteiger partial charge in [0.2, 0.25) is 0 Å². The smallest absolute Gasteiger partial charge is 0.253 e. The van der Waals surface area contributed by atoms with Gasteiger partial charge in [-0.2, -0.15) is 0 Å². The average molecular weight is 364 g/mol. The molecule has 0 radical (unpaired) electrons. The van der Waals surface area contributed by atoms with Crippen molar-refractivity contribution in [2.24, 2.45) is 5.92 Å². The fraction of sp³-hybridized carbons (Fsp3) is 0.364. The number of carbonyl (C=O) groups is 1. The molecule has 1 fully saturated rings. The summed E-state index contributed by atoms with van der Waals surface area (Å²) in [6.07, 6.45) is 1.82. The highest BCUT2D eigenvalue weighted by Gasteiger charge is 2.34. The Morgan fingerprint density at radius 3 is 2.78 bits per heavy atom. The Morgan fingerprint density at radius 1 is 1.26 bits per heavy atom. The zero-order chi connectivity index (χ0) is 19.4. The van der Waals surface area contributed by atoms with Crippen LogP contribution in [-0.4, -0.2) is 50.8 Å². The number of hydrogen-bond acceptors (Lipinski definition) is 4. The number of hydrogen-bond donors (Lipinski definition) is 2. The van der Waals surface area contributed by atoms with Crippen LogP contribution in [-0.2, 0) is 6.42 Å². The quantitative estimate of drug-likeness (QED) is 0.816. The minimum atomic E-state index is -1.09. The molecule has 2 atom stereocenters. The molecular weight excluding hydrogens is 340 g/mol. The highest BCUT2D eigenvalue weighted by atomic mass is 16.3. The van der Waals surface area contributed by atoms with E-state index >= 15 is 0 Å². The summed E-state index contributed by atoms with van der Waals surface area (Å²) in [5, 5.41) is 20.1. The first-order valence-corrected chi connectivity index (χ1v) is 9.05. The standard InChI is InChI=1S/C22H24N2O3/c1-22(2,27)10-9-16-6-5-7-17(12-16)21(26)24-14-18(20(25)15-24)13-19-8-3-4-11-23-19/h3-8,11-12,18,20,25,27H,13-15H2,1-2H3/t18-,20-/m1/s1. The highest BCUT2D eigenvalue weighted by Crippen LogP contribution is 2.23. The maximum absolute atomic E-state index is 12.8. The van der Waals surface area contributed by atoms with Crippen molar-refractivity contribution in [3.63, 3.8) is 0 Å². The lowest BCUT2D eigenvalue weighted by Gasteiger charge is -2.16. The SMILES string of the molecule is CC(C)(O)C#Cc1cccc(C(=O)N2C[C@@H](Cc3ccccn3)[C@H](O)C2)c1. The van der Waals surface area contributed by atoms with E-state index in [0.717, 1.165) is 5.69 Å². The summed E-state index contributed by atoms with van der Waals surface area (Å²) in [6.45, 7) is 4.04. The monoisotopic (exact) mass is 364 g/mol. The number of β-amino-alcohol motifs (C(OH)–C–C–N with tert-alkyl or cyclic N) is 1. The van der Waals surface area contributed by atoms with Gasteiger partial charge < -0.3 is 15.1 Å². The fourth-order valence-corrected chi connectivity index (χ4v) is 3.15. The Labute approximate surface area is 159 Å². The topological polar surface area (TPSA) is 73.7 Å². The van der Waals surface area contributed by atoms with Crippen LogP contribution < -0.4 is 0 Å². The molecule has 5 heteroatoms. The largest absolute Gasteiger partial charge is 0.391 e. The molecule has 5 nitrogen and oxygen atoms in total. The zero-order valence-corrected chi connectivity index (χ0v) is 15.6. The Balaban J connectivity index is 1.70. The van der Waals surface area contributed by atoms with Crippen molar-refractivity contribution in [1.29, 1.82) is 0 Å². The lowest BCUT2D eigenvalue weighted by molar-refractivity contribution is 0.0764. The van der Waals surface area contributed by atoms with E-state index in [2.05, 4.69) is 16.8 Å². The third kappa shape index (κ3) is 5.16. The van der Waals surface area contributed by atoms with E-state index in [4.69, 9.17) is 0 Å². The summed E-state index contributed by atoms with van der Waals surface area (Å²) in [5.74, 6) is 5.49. The van der Waals surface area contributed by atoms with Gasteiger partial charge in [0.1, 0.15) is 5.60 Å². The van der Waals surface area contributed by atoms with Crippen LogP contribution in [0, 0.1) is 17.8 Å². The van der Waals surface area contributed by atoms with Gasteiger partial charge in [0.15, 0.2) is 0 Å². The summed E-state index contributed by atoms with van der Waals surface area (Å²) >= 11 is 0. The summed E-state index contributed by atoms with van der Waals surface area (Å²) in [4.78, 5) is 18.8. The zero-order valence-electron chi connectivity index (χ0n) is 15.6. The van der Waals surface area contributed by atoms with Crippen molar-refractivity contribution in [2.45, 2.75) is 32.0 Å². The summed E-state index contributed by atoms with van der Waals surface area (Å²) < 4.78 is 0. The van der Waals surface area contributed by atoms with Gasteiger partial charge in [0, 0.05) is 42.0 Å². The Bertz CT molecular complexity index is 862. The number of pyridine rings is 1. The Hall–Kier alpha value is -2.68. The van der Waals surface area contributed by atoms with Crippen molar-refractivity contribution < 1.29 is 15.0 Å². The summed E-state index contributed by atoms with van der Waals surface area (Å²) in [6, 6.07) is 12.8. The first kappa shape index (κ1) is 19.1. The molecule has 1 aliphatic rings. The lowest BCUT2D eigenvalue weighted by atomic mass is 10.00. The maximum atomic E-state index is 12.8. The third-order valence-corrected chi connectivity index (χ3v) is 4.51. The van der Waals surface area contributed by atoms with E-state index in [1.807, 2.05) is 18.2 Å². The van der Waals surface area contributed by atoms with Crippen molar-refractivity contribution >= 4 is 5.91 Å². The summed E-state index contributed by atoms with van der Waals surface area (Å²) in [5.41, 5.74) is 1.04. The van der Waals surface area contributed by atoms with Crippen LogP contribution in [0.5, 0.6) is 0 Å². The van der Waals surface area contributed by atoms with Crippen molar-refractivity contribution in [3.8, 4) is 11.8 Å². The molecule has 0 spiro atoms. The molecule has 2 aromatic rings. The second kappa shape index (κ2) is 7.91. The molecule has 0 saturated carbocycles. The predicted octanol–water partition coefficient (Wildman–Crippen LogP) is 1.88. The first-order valence-electron chi connectivity index (χ1n) is 9.05. The van der Waals surface area contributed by atoms with Crippen LogP contribution in [0.15, 0.2) is 48.7 Å². The van der Waals surface area contributed by atoms with Gasteiger partial charge in [0.25, 0.3) is 5.91 Å². The van der Waals surface area contributed by atoms with Crippen LogP contribution >= 0.6 is 0 Å². The lowest BCUT2D eigenvalue weighted by Crippen LogP contribution is -2.29. The van der Waals surface area contributed by atoms with Crippen LogP contribution in [0.1, 0.15) is 35.5 Å². The van der Waals surface area contributed by atoms with Crippen LogP contribution in [0.25, 0.3) is 0 Å². The second-order valence-corrected chi connectivity index (χ2v) is 7.45. The van der Waals surface area contributed by atoms with Gasteiger partial charge in [0.05, 0.1) is 6.10 Å². The Morgan fingerprint density at radius 2 is 2.07 bits per heavy atom. The first-order chi connectivity index (χ1) is 12.8. The average Bonchev–Trinajstić information content (AvgIpc) is 3.00. The van der Waals surface area contributed by atoms with E-state index in [1.165, 1.54) is 0 Å². The van der Waals surface area contributed by atoms with E-state index in [-0.39, 0.29) is 11.8 Å². The van der Waals surface area contributed by atoms with Gasteiger partial charge in [-0.15, -0.1) is 0 Å². The normalized spacial score (nSPS) is 19.5. The summed E-state index contributed by atoms with van der Waals surface area (Å²) in [7, 11) is 0. The van der Waals surface area contributed by atoms with Crippen LogP contribution in [0.4, 0.5) is 0 Å². The van der Waals surface area contributed by atoms with E-state index < -0.39 is 11.7 Å². The number of likely N-dealkylation sites (tertiary alicyclic amines) is 1. The van der Waals surface area contributed by atoms with Crippen LogP contribution in [0.3, 0.4) is 0 Å². The van der Waals surface area contributed by atoms with Gasteiger partial charge in [-0.1, -0.05) is 24.0 Å². The molecular formula is C22H24N2O3. The number of aliphatic hydroxyl groups excluding tert-OH is 1. The molecule has 1 aromatic heterocycles. The number of carbonyl (C=O) groups excluding carboxylic acids is 1. The molecule has 2 heterocycles. The van der Waals surface area contributed by atoms with Gasteiger partial charge in [-0.3, -0.25) is 9.78 Å². The van der Waals surface area contributed by atoms with Crippen molar-refractivity contribution in [1.82, 2.24) is 9.88 Å². The number of aliphatic hydroxyl groups is 2. The number of amides is 1. The molecule has 0 unspecified atom stereocenters. The molecule has 2 N–H and O–H groups in total. The molecule has 0 aliphatic carbocycles. The minimum Gasteiger partial charge on any atom is -0.391 e. The maximum Gasteiger partial charge on any atom is 0.253 e. The van der Waals surface area contributed by atoms with Gasteiger partial charge >= 0.3 is 0 Å². The van der Waals surface area contributed by atoms with Crippen LogP contribution in [0.2, 0.25) is 0 Å². The fourth-order valence-electron chi connectivity index (χ4n) is 3.15. The molecule has 1 saturated heterocycles. The molecule has 0 bridgehead atoms. The van der Waals surface area contributed by atoms with E-state index in [1.54, 1.807) is 49.2 Å².